The van der Waals surface area contributed by atoms with Gasteiger partial charge < -0.3 is 15.0 Å². The number of methoxy groups -OCH3 is 1. The average molecular weight is 292 g/mol. The summed E-state index contributed by atoms with van der Waals surface area (Å²) >= 11 is 0. The summed E-state index contributed by atoms with van der Waals surface area (Å²) in [4.78, 5) is 29.1. The van der Waals surface area contributed by atoms with Gasteiger partial charge in [0, 0.05) is 12.1 Å². The maximum absolute atomic E-state index is 11.7. The molecule has 0 fully saturated rings. The number of rotatable bonds is 5. The van der Waals surface area contributed by atoms with Crippen molar-refractivity contribution in [3.05, 3.63) is 28.3 Å². The molecule has 0 saturated carbocycles. The van der Waals surface area contributed by atoms with Gasteiger partial charge in [-0.05, 0) is 12.0 Å². The van der Waals surface area contributed by atoms with Crippen LogP contribution in [0, 0.1) is 16.0 Å². The predicted octanol–water partition coefficient (Wildman–Crippen LogP) is 2.08. The number of benzene rings is 1. The molecule has 0 aliphatic rings. The molecule has 112 valence electrons. The van der Waals surface area contributed by atoms with Crippen LogP contribution in [0.1, 0.15) is 13.8 Å². The van der Waals surface area contributed by atoms with E-state index in [0.717, 1.165) is 0 Å². The van der Waals surface area contributed by atoms with E-state index in [-0.39, 0.29) is 11.6 Å². The van der Waals surface area contributed by atoms with Gasteiger partial charge in [-0.3, -0.25) is 10.1 Å². The highest BCUT2D eigenvalue weighted by Gasteiger charge is 2.24. The molecule has 0 aliphatic carbocycles. The lowest BCUT2D eigenvalue weighted by molar-refractivity contribution is -0.384. The number of hydrogen-bond acceptors (Lipinski definition) is 6. The fourth-order valence-electron chi connectivity index (χ4n) is 1.95. The average Bonchev–Trinajstić information content (AvgIpc) is 2.84. The second-order valence-electron chi connectivity index (χ2n) is 4.93. The van der Waals surface area contributed by atoms with Crippen LogP contribution in [0.2, 0.25) is 0 Å². The quantitative estimate of drug-likeness (QED) is 0.496. The first-order valence-electron chi connectivity index (χ1n) is 6.41. The minimum atomic E-state index is -0.550. The minimum Gasteiger partial charge on any atom is -0.467 e. The summed E-state index contributed by atoms with van der Waals surface area (Å²) in [6.07, 6.45) is 0. The molecule has 1 unspecified atom stereocenters. The molecule has 21 heavy (non-hydrogen) atoms. The first-order chi connectivity index (χ1) is 9.92. The topological polar surface area (TPSA) is 110 Å². The van der Waals surface area contributed by atoms with Crippen molar-refractivity contribution in [3.8, 4) is 0 Å². The van der Waals surface area contributed by atoms with Crippen molar-refractivity contribution in [3.63, 3.8) is 0 Å². The number of non-ortho nitro benzene ring substituents is 1. The number of esters is 1. The Morgan fingerprint density at radius 3 is 2.76 bits per heavy atom. The van der Waals surface area contributed by atoms with E-state index in [4.69, 9.17) is 4.74 Å². The number of carbonyl (C=O) groups excluding carboxylic acids is 1. The van der Waals surface area contributed by atoms with Crippen LogP contribution < -0.4 is 5.32 Å². The summed E-state index contributed by atoms with van der Waals surface area (Å²) in [5.41, 5.74) is 1.08. The molecule has 8 heteroatoms. The van der Waals surface area contributed by atoms with Crippen molar-refractivity contribution in [2.24, 2.45) is 5.92 Å². The van der Waals surface area contributed by atoms with Gasteiger partial charge in [0.25, 0.3) is 5.69 Å². The highest BCUT2D eigenvalue weighted by molar-refractivity contribution is 5.82. The smallest absolute Gasteiger partial charge is 0.328 e. The summed E-state index contributed by atoms with van der Waals surface area (Å²) in [5.74, 6) is -0.0222. The molecule has 8 nitrogen and oxygen atoms in total. The third-order valence-electron chi connectivity index (χ3n) is 3.09. The zero-order valence-corrected chi connectivity index (χ0v) is 11.9. The van der Waals surface area contributed by atoms with E-state index in [1.165, 1.54) is 19.2 Å². The highest BCUT2D eigenvalue weighted by atomic mass is 16.6. The van der Waals surface area contributed by atoms with Gasteiger partial charge in [-0.2, -0.15) is 0 Å². The molecule has 1 aromatic carbocycles. The summed E-state index contributed by atoms with van der Waals surface area (Å²) in [7, 11) is 1.32. The number of aromatic amines is 1. The predicted molar refractivity (Wildman–Crippen MR) is 77.0 cm³/mol. The standard InChI is InChI=1S/C13H16N4O4/c1-7(2)11(12(18)21-3)16-13-14-9-5-4-8(17(19)20)6-10(9)15-13/h4-7,11H,1-3H3,(H2,14,15,16). The van der Waals surface area contributed by atoms with Crippen LogP contribution in [0.25, 0.3) is 11.0 Å². The number of nitro groups is 1. The lowest BCUT2D eigenvalue weighted by Gasteiger charge is -2.18. The third kappa shape index (κ3) is 3.10. The van der Waals surface area contributed by atoms with Crippen LogP contribution in [0.4, 0.5) is 11.6 Å². The monoisotopic (exact) mass is 292 g/mol. The largest absolute Gasteiger partial charge is 0.467 e. The third-order valence-corrected chi connectivity index (χ3v) is 3.09. The number of ether oxygens (including phenoxy) is 1. The molecule has 0 aliphatic heterocycles. The maximum Gasteiger partial charge on any atom is 0.328 e. The van der Waals surface area contributed by atoms with Crippen LogP contribution in [-0.2, 0) is 9.53 Å². The fourth-order valence-corrected chi connectivity index (χ4v) is 1.95. The van der Waals surface area contributed by atoms with Crippen LogP contribution >= 0.6 is 0 Å². The lowest BCUT2D eigenvalue weighted by atomic mass is 10.1. The van der Waals surface area contributed by atoms with E-state index in [2.05, 4.69) is 15.3 Å². The van der Waals surface area contributed by atoms with E-state index in [9.17, 15) is 14.9 Å². The molecule has 2 rings (SSSR count). The van der Waals surface area contributed by atoms with Gasteiger partial charge in [0.1, 0.15) is 6.04 Å². The van der Waals surface area contributed by atoms with Crippen LogP contribution in [0.3, 0.4) is 0 Å². The molecule has 0 radical (unpaired) electrons. The Morgan fingerprint density at radius 1 is 1.48 bits per heavy atom. The van der Waals surface area contributed by atoms with E-state index in [1.54, 1.807) is 6.07 Å². The van der Waals surface area contributed by atoms with Gasteiger partial charge in [0.2, 0.25) is 5.95 Å². The van der Waals surface area contributed by atoms with Crippen molar-refractivity contribution in [2.75, 3.05) is 12.4 Å². The van der Waals surface area contributed by atoms with E-state index in [0.29, 0.717) is 17.0 Å². The summed E-state index contributed by atoms with van der Waals surface area (Å²) in [5, 5.41) is 13.7. The summed E-state index contributed by atoms with van der Waals surface area (Å²) in [6.45, 7) is 3.75. The van der Waals surface area contributed by atoms with Crippen molar-refractivity contribution in [1.82, 2.24) is 9.97 Å². The molecule has 2 aromatic rings. The highest BCUT2D eigenvalue weighted by Crippen LogP contribution is 2.21. The summed E-state index contributed by atoms with van der Waals surface area (Å²) < 4.78 is 4.74. The Kier molecular flexibility index (Phi) is 4.06. The number of nitrogens with zero attached hydrogens (tertiary/aromatic N) is 2. The Hall–Kier alpha value is -2.64. The van der Waals surface area contributed by atoms with E-state index >= 15 is 0 Å². The fraction of sp³-hybridized carbons (Fsp3) is 0.385. The summed E-state index contributed by atoms with van der Waals surface area (Å²) in [6, 6.07) is 3.78. The number of hydrogen-bond donors (Lipinski definition) is 2. The Bertz CT molecular complexity index is 680. The van der Waals surface area contributed by atoms with Gasteiger partial charge >= 0.3 is 5.97 Å². The van der Waals surface area contributed by atoms with Gasteiger partial charge in [0.15, 0.2) is 0 Å². The van der Waals surface area contributed by atoms with Gasteiger partial charge in [-0.1, -0.05) is 13.8 Å². The number of carbonyl (C=O) groups is 1. The maximum atomic E-state index is 11.7. The second kappa shape index (κ2) is 5.78. The van der Waals surface area contributed by atoms with E-state index in [1.807, 2.05) is 13.8 Å². The minimum absolute atomic E-state index is 0.00000152. The molecule has 0 bridgehead atoms. The van der Waals surface area contributed by atoms with Gasteiger partial charge in [-0.15, -0.1) is 0 Å². The zero-order valence-electron chi connectivity index (χ0n) is 11.9. The molecule has 1 aromatic heterocycles. The molecule has 1 atom stereocenters. The molecule has 0 saturated heterocycles. The molecule has 0 amide bonds. The van der Waals surface area contributed by atoms with Gasteiger partial charge in [0.05, 0.1) is 23.1 Å². The van der Waals surface area contributed by atoms with Crippen LogP contribution in [0.5, 0.6) is 0 Å². The number of H-pyrrole nitrogens is 1. The molecular formula is C13H16N4O4. The van der Waals surface area contributed by atoms with Crippen molar-refractivity contribution in [1.29, 1.82) is 0 Å². The van der Waals surface area contributed by atoms with Crippen molar-refractivity contribution >= 4 is 28.6 Å². The number of anilines is 1. The normalized spacial score (nSPS) is 12.4. The Labute approximate surface area is 120 Å². The van der Waals surface area contributed by atoms with Crippen LogP contribution in [0.15, 0.2) is 18.2 Å². The number of nitro benzene ring substituents is 1. The number of nitrogens with one attached hydrogen (secondary N) is 2. The number of imidazole rings is 1. The van der Waals surface area contributed by atoms with Crippen molar-refractivity contribution < 1.29 is 14.5 Å². The van der Waals surface area contributed by atoms with Gasteiger partial charge in [-0.25, -0.2) is 9.78 Å². The number of fused-ring (bicyclic) bond motifs is 1. The molecular weight excluding hydrogens is 276 g/mol. The van der Waals surface area contributed by atoms with Crippen LogP contribution in [-0.4, -0.2) is 34.0 Å². The SMILES string of the molecule is COC(=O)C(Nc1nc2ccc([N+](=O)[O-])cc2[nH]1)C(C)C. The van der Waals surface area contributed by atoms with Crippen molar-refractivity contribution in [2.45, 2.75) is 19.9 Å². The first kappa shape index (κ1) is 14.8. The number of aromatic nitrogens is 2. The molecule has 0 spiro atoms. The Balaban J connectivity index is 2.30. The molecule has 1 heterocycles. The van der Waals surface area contributed by atoms with E-state index < -0.39 is 16.9 Å². The Morgan fingerprint density at radius 2 is 2.19 bits per heavy atom. The lowest BCUT2D eigenvalue weighted by Crippen LogP contribution is -2.35. The zero-order chi connectivity index (χ0) is 15.6. The first-order valence-corrected chi connectivity index (χ1v) is 6.41. The second-order valence-corrected chi connectivity index (χ2v) is 4.93. The molecule has 2 N–H and O–H groups in total.